The molecule has 4 nitrogen and oxygen atoms in total. The highest BCUT2D eigenvalue weighted by atomic mass is 15.3. The van der Waals surface area contributed by atoms with Crippen LogP contribution < -0.4 is 4.90 Å². The number of hydrogen-bond donors (Lipinski definition) is 1. The van der Waals surface area contributed by atoms with Crippen LogP contribution in [0.25, 0.3) is 0 Å². The predicted molar refractivity (Wildman–Crippen MR) is 57.6 cm³/mol. The maximum Gasteiger partial charge on any atom is 0.203 e. The summed E-state index contributed by atoms with van der Waals surface area (Å²) in [6, 6.07) is 0.667. The standard InChI is InChI=1S/C10H18N4/c1-8-6-11-10(12-8)14-5-4-9(7-14)13(2)3/h6,9H,4-5,7H2,1-3H3,(H,11,12). The van der Waals surface area contributed by atoms with Crippen molar-refractivity contribution >= 4 is 5.95 Å². The molecule has 0 saturated carbocycles. The normalized spacial score (nSPS) is 22.3. The smallest absolute Gasteiger partial charge is 0.203 e. The van der Waals surface area contributed by atoms with Crippen molar-refractivity contribution < 1.29 is 0 Å². The van der Waals surface area contributed by atoms with E-state index in [4.69, 9.17) is 0 Å². The van der Waals surface area contributed by atoms with Crippen LogP contribution in [0.1, 0.15) is 12.1 Å². The Morgan fingerprint density at radius 1 is 1.57 bits per heavy atom. The van der Waals surface area contributed by atoms with E-state index in [0.29, 0.717) is 6.04 Å². The first-order valence-electron chi connectivity index (χ1n) is 5.10. The van der Waals surface area contributed by atoms with Crippen molar-refractivity contribution in [3.05, 3.63) is 11.9 Å². The Hall–Kier alpha value is -1.03. The number of aryl methyl sites for hydroxylation is 1. The minimum absolute atomic E-state index is 0.667. The fourth-order valence-electron chi connectivity index (χ4n) is 1.92. The highest BCUT2D eigenvalue weighted by Gasteiger charge is 2.25. The second-order valence-electron chi connectivity index (χ2n) is 4.24. The lowest BCUT2D eigenvalue weighted by atomic mass is 10.2. The molecular formula is C10H18N4. The van der Waals surface area contributed by atoms with Crippen LogP contribution in [0.2, 0.25) is 0 Å². The molecule has 0 amide bonds. The molecule has 0 spiro atoms. The quantitative estimate of drug-likeness (QED) is 0.758. The summed E-state index contributed by atoms with van der Waals surface area (Å²) < 4.78 is 0. The molecule has 1 aliphatic heterocycles. The lowest BCUT2D eigenvalue weighted by molar-refractivity contribution is 0.315. The summed E-state index contributed by atoms with van der Waals surface area (Å²) in [5.41, 5.74) is 1.13. The molecule has 0 aliphatic carbocycles. The largest absolute Gasteiger partial charge is 0.341 e. The molecule has 1 saturated heterocycles. The second kappa shape index (κ2) is 3.61. The van der Waals surface area contributed by atoms with Gasteiger partial charge in [0.15, 0.2) is 0 Å². The van der Waals surface area contributed by atoms with E-state index in [1.807, 2.05) is 13.1 Å². The average molecular weight is 194 g/mol. The maximum atomic E-state index is 4.34. The molecule has 14 heavy (non-hydrogen) atoms. The van der Waals surface area contributed by atoms with E-state index in [1.54, 1.807) is 0 Å². The molecule has 1 aromatic rings. The van der Waals surface area contributed by atoms with Gasteiger partial charge in [-0.05, 0) is 27.4 Å². The van der Waals surface area contributed by atoms with E-state index < -0.39 is 0 Å². The van der Waals surface area contributed by atoms with Crippen LogP contribution in [-0.4, -0.2) is 48.1 Å². The third-order valence-corrected chi connectivity index (χ3v) is 2.88. The van der Waals surface area contributed by atoms with Gasteiger partial charge in [-0.2, -0.15) is 0 Å². The number of H-pyrrole nitrogens is 1. The van der Waals surface area contributed by atoms with E-state index in [1.165, 1.54) is 6.42 Å². The highest BCUT2D eigenvalue weighted by molar-refractivity contribution is 5.33. The van der Waals surface area contributed by atoms with Crippen molar-refractivity contribution in [1.82, 2.24) is 14.9 Å². The number of nitrogens with zero attached hydrogens (tertiary/aromatic N) is 3. The van der Waals surface area contributed by atoms with Gasteiger partial charge in [0.2, 0.25) is 5.95 Å². The highest BCUT2D eigenvalue weighted by Crippen LogP contribution is 2.18. The fourth-order valence-corrected chi connectivity index (χ4v) is 1.92. The van der Waals surface area contributed by atoms with Gasteiger partial charge in [-0.3, -0.25) is 0 Å². The Kier molecular flexibility index (Phi) is 2.46. The molecule has 2 heterocycles. The van der Waals surface area contributed by atoms with Gasteiger partial charge in [0, 0.05) is 31.0 Å². The number of rotatable bonds is 2. The van der Waals surface area contributed by atoms with Crippen LogP contribution in [0.15, 0.2) is 6.20 Å². The summed E-state index contributed by atoms with van der Waals surface area (Å²) in [5.74, 6) is 1.02. The van der Waals surface area contributed by atoms with Gasteiger partial charge in [-0.15, -0.1) is 0 Å². The Bertz CT molecular complexity index is 305. The van der Waals surface area contributed by atoms with Crippen molar-refractivity contribution in [2.75, 3.05) is 32.1 Å². The third-order valence-electron chi connectivity index (χ3n) is 2.88. The minimum atomic E-state index is 0.667. The zero-order valence-corrected chi connectivity index (χ0v) is 9.12. The third kappa shape index (κ3) is 1.75. The van der Waals surface area contributed by atoms with Crippen molar-refractivity contribution in [3.63, 3.8) is 0 Å². The van der Waals surface area contributed by atoms with E-state index in [-0.39, 0.29) is 0 Å². The molecule has 2 rings (SSSR count). The molecule has 1 N–H and O–H groups in total. The monoisotopic (exact) mass is 194 g/mol. The Balaban J connectivity index is 2.02. The number of likely N-dealkylation sites (N-methyl/N-ethyl adjacent to an activating group) is 1. The molecule has 4 heteroatoms. The van der Waals surface area contributed by atoms with E-state index in [0.717, 1.165) is 24.7 Å². The van der Waals surface area contributed by atoms with Crippen LogP contribution in [0, 0.1) is 6.92 Å². The molecule has 1 atom stereocenters. The Morgan fingerprint density at radius 3 is 2.86 bits per heavy atom. The number of aromatic amines is 1. The molecular weight excluding hydrogens is 176 g/mol. The van der Waals surface area contributed by atoms with E-state index >= 15 is 0 Å². The van der Waals surface area contributed by atoms with Gasteiger partial charge < -0.3 is 14.8 Å². The predicted octanol–water partition coefficient (Wildman–Crippen LogP) is 0.858. The van der Waals surface area contributed by atoms with Gasteiger partial charge in [-0.25, -0.2) is 4.98 Å². The van der Waals surface area contributed by atoms with Gasteiger partial charge in [0.05, 0.1) is 0 Å². The number of imidazole rings is 1. The first-order chi connectivity index (χ1) is 6.66. The maximum absolute atomic E-state index is 4.34. The summed E-state index contributed by atoms with van der Waals surface area (Å²) in [5, 5.41) is 0. The molecule has 0 bridgehead atoms. The molecule has 1 aromatic heterocycles. The minimum Gasteiger partial charge on any atom is -0.341 e. The Morgan fingerprint density at radius 2 is 2.36 bits per heavy atom. The summed E-state index contributed by atoms with van der Waals surface area (Å²) >= 11 is 0. The molecule has 1 fully saturated rings. The van der Waals surface area contributed by atoms with E-state index in [2.05, 4.69) is 33.9 Å². The Labute approximate surface area is 84.9 Å². The van der Waals surface area contributed by atoms with Crippen LogP contribution in [0.3, 0.4) is 0 Å². The topological polar surface area (TPSA) is 35.2 Å². The van der Waals surface area contributed by atoms with Gasteiger partial charge in [0.1, 0.15) is 0 Å². The number of aromatic nitrogens is 2. The van der Waals surface area contributed by atoms with Crippen LogP contribution in [-0.2, 0) is 0 Å². The molecule has 1 unspecified atom stereocenters. The van der Waals surface area contributed by atoms with Gasteiger partial charge in [-0.1, -0.05) is 0 Å². The summed E-state index contributed by atoms with van der Waals surface area (Å²) in [6.45, 7) is 4.23. The van der Waals surface area contributed by atoms with Crippen LogP contribution in [0.4, 0.5) is 5.95 Å². The fraction of sp³-hybridized carbons (Fsp3) is 0.700. The SMILES string of the molecule is Cc1cnc(N2CCC(N(C)C)C2)[nH]1. The number of nitrogens with one attached hydrogen (secondary N) is 1. The molecule has 0 aromatic carbocycles. The van der Waals surface area contributed by atoms with Gasteiger partial charge in [0.25, 0.3) is 0 Å². The first kappa shape index (κ1) is 9.52. The molecule has 78 valence electrons. The molecule has 1 aliphatic rings. The van der Waals surface area contributed by atoms with Crippen molar-refractivity contribution in [2.45, 2.75) is 19.4 Å². The first-order valence-corrected chi connectivity index (χ1v) is 5.10. The van der Waals surface area contributed by atoms with Crippen molar-refractivity contribution in [3.8, 4) is 0 Å². The summed E-state index contributed by atoms with van der Waals surface area (Å²) in [7, 11) is 4.28. The average Bonchev–Trinajstić information content (AvgIpc) is 2.70. The van der Waals surface area contributed by atoms with Gasteiger partial charge >= 0.3 is 0 Å². The second-order valence-corrected chi connectivity index (χ2v) is 4.24. The number of anilines is 1. The zero-order valence-electron chi connectivity index (χ0n) is 9.12. The van der Waals surface area contributed by atoms with Crippen LogP contribution in [0.5, 0.6) is 0 Å². The lowest BCUT2D eigenvalue weighted by Crippen LogP contribution is -2.31. The zero-order chi connectivity index (χ0) is 10.1. The lowest BCUT2D eigenvalue weighted by Gasteiger charge is -2.19. The summed E-state index contributed by atoms with van der Waals surface area (Å²) in [4.78, 5) is 12.2. The molecule has 0 radical (unpaired) electrons. The summed E-state index contributed by atoms with van der Waals surface area (Å²) in [6.07, 6.45) is 3.12. The van der Waals surface area contributed by atoms with Crippen molar-refractivity contribution in [2.24, 2.45) is 0 Å². The number of hydrogen-bond acceptors (Lipinski definition) is 3. The van der Waals surface area contributed by atoms with Crippen molar-refractivity contribution in [1.29, 1.82) is 0 Å². The van der Waals surface area contributed by atoms with E-state index in [9.17, 15) is 0 Å². The van der Waals surface area contributed by atoms with Crippen LogP contribution >= 0.6 is 0 Å².